The zero-order chi connectivity index (χ0) is 17.9. The Bertz CT molecular complexity index is 596. The van der Waals surface area contributed by atoms with Crippen molar-refractivity contribution in [2.75, 3.05) is 20.2 Å². The molecule has 2 amide bonds. The normalized spacial score (nSPS) is 11.6. The number of hydrogen-bond donors (Lipinski definition) is 1. The lowest BCUT2D eigenvalue weighted by molar-refractivity contribution is -0.134. The first-order valence-electron chi connectivity index (χ1n) is 7.65. The van der Waals surface area contributed by atoms with Gasteiger partial charge >= 0.3 is 0 Å². The maximum atomic E-state index is 12.3. The first kappa shape index (κ1) is 19.2. The predicted octanol–water partition coefficient (Wildman–Crippen LogP) is 2.41. The third kappa shape index (κ3) is 6.12. The molecule has 1 rings (SSSR count). The monoisotopic (exact) mass is 328 g/mol. The number of carbonyl (C=O) groups is 2. The molecule has 0 spiro atoms. The van der Waals surface area contributed by atoms with Gasteiger partial charge in [0.1, 0.15) is 11.8 Å². The first-order valence-corrected chi connectivity index (χ1v) is 7.65. The molecule has 0 aromatic heterocycles. The van der Waals surface area contributed by atoms with Crippen molar-refractivity contribution in [3.63, 3.8) is 0 Å². The van der Waals surface area contributed by atoms with E-state index < -0.39 is 6.04 Å². The molecule has 1 aromatic carbocycles. The van der Waals surface area contributed by atoms with Crippen LogP contribution < -0.4 is 10.1 Å². The van der Waals surface area contributed by atoms with E-state index in [1.807, 2.05) is 24.3 Å². The fourth-order valence-corrected chi connectivity index (χ4v) is 2.05. The molecule has 0 aliphatic rings. The number of nitrogens with zero attached hydrogens (tertiary/aromatic N) is 1. The molecule has 0 heterocycles. The highest BCUT2D eigenvalue weighted by Crippen LogP contribution is 2.12. The summed E-state index contributed by atoms with van der Waals surface area (Å²) in [6, 6.07) is 6.68. The van der Waals surface area contributed by atoms with Crippen molar-refractivity contribution in [1.82, 2.24) is 10.2 Å². The van der Waals surface area contributed by atoms with Crippen LogP contribution in [0.2, 0.25) is 0 Å². The van der Waals surface area contributed by atoms with Gasteiger partial charge in [0, 0.05) is 19.2 Å². The van der Waals surface area contributed by atoms with Crippen molar-refractivity contribution in [3.05, 3.63) is 61.2 Å². The highest BCUT2D eigenvalue weighted by Gasteiger charge is 2.19. The Balaban J connectivity index is 2.61. The van der Waals surface area contributed by atoms with Gasteiger partial charge in [-0.05, 0) is 30.7 Å². The molecule has 0 fully saturated rings. The molecule has 0 saturated heterocycles. The van der Waals surface area contributed by atoms with Crippen molar-refractivity contribution in [1.29, 1.82) is 0 Å². The molecule has 1 aromatic rings. The van der Waals surface area contributed by atoms with E-state index in [1.165, 1.54) is 6.08 Å². The Kier molecular flexibility index (Phi) is 8.05. The van der Waals surface area contributed by atoms with E-state index in [2.05, 4.69) is 18.5 Å². The molecule has 0 bridgehead atoms. The fourth-order valence-electron chi connectivity index (χ4n) is 2.05. The summed E-state index contributed by atoms with van der Waals surface area (Å²) in [5.41, 5.74) is 0.866. The zero-order valence-corrected chi connectivity index (χ0v) is 14.2. The quantitative estimate of drug-likeness (QED) is 0.559. The topological polar surface area (TPSA) is 58.6 Å². The van der Waals surface area contributed by atoms with Crippen LogP contribution in [-0.4, -0.2) is 43.0 Å². The zero-order valence-electron chi connectivity index (χ0n) is 14.2. The molecule has 1 N–H and O–H groups in total. The summed E-state index contributed by atoms with van der Waals surface area (Å²) < 4.78 is 5.08. The summed E-state index contributed by atoms with van der Waals surface area (Å²) in [6.45, 7) is 9.72. The summed E-state index contributed by atoms with van der Waals surface area (Å²) in [7, 11) is 1.60. The fraction of sp³-hybridized carbons (Fsp3) is 0.263. The van der Waals surface area contributed by atoms with Crippen molar-refractivity contribution >= 4 is 17.9 Å². The number of benzene rings is 1. The number of hydrogen-bond acceptors (Lipinski definition) is 3. The van der Waals surface area contributed by atoms with E-state index in [-0.39, 0.29) is 11.8 Å². The molecular formula is C19H24N2O3. The third-order valence-corrected chi connectivity index (χ3v) is 3.28. The Morgan fingerprint density at radius 1 is 1.21 bits per heavy atom. The highest BCUT2D eigenvalue weighted by atomic mass is 16.5. The number of amides is 2. The van der Waals surface area contributed by atoms with Gasteiger partial charge in [0.05, 0.1) is 7.11 Å². The molecule has 1 atom stereocenters. The van der Waals surface area contributed by atoms with Crippen LogP contribution in [0.5, 0.6) is 5.75 Å². The summed E-state index contributed by atoms with van der Waals surface area (Å²) in [5, 5.41) is 2.66. The van der Waals surface area contributed by atoms with Gasteiger partial charge in [0.2, 0.25) is 11.8 Å². The highest BCUT2D eigenvalue weighted by molar-refractivity contribution is 5.95. The lowest BCUT2D eigenvalue weighted by atomic mass is 10.2. The van der Waals surface area contributed by atoms with Crippen molar-refractivity contribution in [2.24, 2.45) is 0 Å². The number of nitrogens with one attached hydrogen (secondary N) is 1. The predicted molar refractivity (Wildman–Crippen MR) is 96.6 cm³/mol. The van der Waals surface area contributed by atoms with E-state index in [4.69, 9.17) is 4.74 Å². The van der Waals surface area contributed by atoms with E-state index in [0.717, 1.165) is 11.3 Å². The van der Waals surface area contributed by atoms with Gasteiger partial charge < -0.3 is 15.0 Å². The van der Waals surface area contributed by atoms with Crippen LogP contribution in [0.25, 0.3) is 6.08 Å². The van der Waals surface area contributed by atoms with Crippen LogP contribution in [0.1, 0.15) is 12.5 Å². The SMILES string of the molecule is C=CCN(CC=C)C(=O)C(C)NC(=O)/C=C/c1ccc(OC)cc1. The van der Waals surface area contributed by atoms with Crippen molar-refractivity contribution in [2.45, 2.75) is 13.0 Å². The lowest BCUT2D eigenvalue weighted by Crippen LogP contribution is -2.46. The summed E-state index contributed by atoms with van der Waals surface area (Å²) >= 11 is 0. The second-order valence-corrected chi connectivity index (χ2v) is 5.16. The van der Waals surface area contributed by atoms with Crippen molar-refractivity contribution < 1.29 is 14.3 Å². The summed E-state index contributed by atoms with van der Waals surface area (Å²) in [5.74, 6) is 0.241. The molecule has 5 nitrogen and oxygen atoms in total. The van der Waals surface area contributed by atoms with Gasteiger partial charge in [-0.2, -0.15) is 0 Å². The standard InChI is InChI=1S/C19H24N2O3/c1-5-13-21(14-6-2)19(23)15(3)20-18(22)12-9-16-7-10-17(24-4)11-8-16/h5-12,15H,1-2,13-14H2,3-4H3,(H,20,22)/b12-9+. The van der Waals surface area contributed by atoms with Gasteiger partial charge in [0.15, 0.2) is 0 Å². The van der Waals surface area contributed by atoms with Crippen molar-refractivity contribution in [3.8, 4) is 5.75 Å². The van der Waals surface area contributed by atoms with Crippen LogP contribution >= 0.6 is 0 Å². The molecule has 0 radical (unpaired) electrons. The van der Waals surface area contributed by atoms with Crippen LogP contribution in [0.3, 0.4) is 0 Å². The maximum absolute atomic E-state index is 12.3. The van der Waals surface area contributed by atoms with Gasteiger partial charge in [0.25, 0.3) is 0 Å². The molecule has 24 heavy (non-hydrogen) atoms. The second-order valence-electron chi connectivity index (χ2n) is 5.16. The molecule has 0 saturated carbocycles. The van der Waals surface area contributed by atoms with Gasteiger partial charge in [-0.15, -0.1) is 13.2 Å². The van der Waals surface area contributed by atoms with E-state index in [0.29, 0.717) is 13.1 Å². The number of carbonyl (C=O) groups excluding carboxylic acids is 2. The molecule has 0 aliphatic carbocycles. The van der Waals surface area contributed by atoms with Gasteiger partial charge in [-0.1, -0.05) is 24.3 Å². The number of methoxy groups -OCH3 is 1. The molecular weight excluding hydrogens is 304 g/mol. The average molecular weight is 328 g/mol. The Morgan fingerprint density at radius 2 is 1.79 bits per heavy atom. The molecule has 0 aliphatic heterocycles. The Labute approximate surface area is 143 Å². The molecule has 5 heteroatoms. The molecule has 1 unspecified atom stereocenters. The smallest absolute Gasteiger partial charge is 0.245 e. The minimum absolute atomic E-state index is 0.180. The van der Waals surface area contributed by atoms with Crippen LogP contribution in [-0.2, 0) is 9.59 Å². The molecule has 128 valence electrons. The van der Waals surface area contributed by atoms with E-state index in [1.54, 1.807) is 37.2 Å². The minimum atomic E-state index is -0.627. The minimum Gasteiger partial charge on any atom is -0.497 e. The van der Waals surface area contributed by atoms with E-state index >= 15 is 0 Å². The Hall–Kier alpha value is -2.82. The van der Waals surface area contributed by atoms with E-state index in [9.17, 15) is 9.59 Å². The van der Waals surface area contributed by atoms with Gasteiger partial charge in [-0.25, -0.2) is 0 Å². The average Bonchev–Trinajstić information content (AvgIpc) is 2.59. The summed E-state index contributed by atoms with van der Waals surface area (Å²) in [4.78, 5) is 25.8. The van der Waals surface area contributed by atoms with Gasteiger partial charge in [-0.3, -0.25) is 9.59 Å². The van der Waals surface area contributed by atoms with Crippen LogP contribution in [0.15, 0.2) is 55.7 Å². The van der Waals surface area contributed by atoms with Crippen LogP contribution in [0.4, 0.5) is 0 Å². The first-order chi connectivity index (χ1) is 11.5. The third-order valence-electron chi connectivity index (χ3n) is 3.28. The second kappa shape index (κ2) is 10.0. The summed E-state index contributed by atoms with van der Waals surface area (Å²) in [6.07, 6.45) is 6.35. The number of ether oxygens (including phenoxy) is 1. The lowest BCUT2D eigenvalue weighted by Gasteiger charge is -2.23. The maximum Gasteiger partial charge on any atom is 0.245 e. The Morgan fingerprint density at radius 3 is 2.29 bits per heavy atom. The number of rotatable bonds is 9. The largest absolute Gasteiger partial charge is 0.497 e. The van der Waals surface area contributed by atoms with Crippen LogP contribution in [0, 0.1) is 0 Å².